The number of carbonyl (C=O) groups is 1. The smallest absolute Gasteiger partial charge is 0.397 e. The van der Waals surface area contributed by atoms with E-state index < -0.39 is 45.7 Å². The Labute approximate surface area is 183 Å². The lowest BCUT2D eigenvalue weighted by molar-refractivity contribution is -0.243. The molecule has 2 fully saturated rings. The molecule has 1 aromatic carbocycles. The Kier molecular flexibility index (Phi) is 6.00. The van der Waals surface area contributed by atoms with Crippen LogP contribution in [0.2, 0.25) is 0 Å². The van der Waals surface area contributed by atoms with Gasteiger partial charge in [0.1, 0.15) is 18.2 Å². The van der Waals surface area contributed by atoms with Crippen molar-refractivity contribution in [3.8, 4) is 5.75 Å². The van der Waals surface area contributed by atoms with E-state index in [0.717, 1.165) is 22.9 Å². The first-order valence-electron chi connectivity index (χ1n) is 10.6. The summed E-state index contributed by atoms with van der Waals surface area (Å²) in [4.78, 5) is 12.5. The maximum absolute atomic E-state index is 14.7. The lowest BCUT2D eigenvalue weighted by Crippen LogP contribution is -2.49. The summed E-state index contributed by atoms with van der Waals surface area (Å²) in [6.45, 7) is -0.0866. The van der Waals surface area contributed by atoms with Crippen molar-refractivity contribution in [2.24, 2.45) is 5.41 Å². The van der Waals surface area contributed by atoms with Crippen LogP contribution in [0.5, 0.6) is 5.75 Å². The van der Waals surface area contributed by atoms with E-state index in [0.29, 0.717) is 24.8 Å². The topological polar surface area (TPSA) is 75.7 Å². The Morgan fingerprint density at radius 3 is 2.31 bits per heavy atom. The molecule has 0 atom stereocenters. The maximum atomic E-state index is 14.7. The van der Waals surface area contributed by atoms with Crippen LogP contribution >= 0.6 is 0 Å². The van der Waals surface area contributed by atoms with Crippen molar-refractivity contribution < 1.29 is 35.5 Å². The third-order valence-corrected chi connectivity index (χ3v) is 7.87. The first kappa shape index (κ1) is 23.0. The molecule has 1 heterocycles. The normalized spacial score (nSPS) is 21.1. The summed E-state index contributed by atoms with van der Waals surface area (Å²) in [7, 11) is -4.07. The van der Waals surface area contributed by atoms with Crippen molar-refractivity contribution in [3.05, 3.63) is 41.2 Å². The summed E-state index contributed by atoms with van der Waals surface area (Å²) >= 11 is 0. The van der Waals surface area contributed by atoms with Crippen LogP contribution < -0.4 is 9.46 Å². The SMILES string of the molecule is O=C(NS(=O)(=O)N1CCC1)c1cc(C2C=C2)c(OCC2(C(F)(F)F)CCCCC2)cc1F. The Morgan fingerprint density at radius 1 is 1.12 bits per heavy atom. The number of alkyl halides is 3. The molecule has 1 aromatic rings. The van der Waals surface area contributed by atoms with Crippen LogP contribution in [0.4, 0.5) is 17.6 Å². The number of hydrogen-bond donors (Lipinski definition) is 1. The van der Waals surface area contributed by atoms with Crippen LogP contribution in [0.15, 0.2) is 24.3 Å². The number of nitrogens with one attached hydrogen (secondary N) is 1. The highest BCUT2D eigenvalue weighted by Crippen LogP contribution is 2.49. The second kappa shape index (κ2) is 8.33. The summed E-state index contributed by atoms with van der Waals surface area (Å²) in [6, 6.07) is 2.02. The summed E-state index contributed by atoms with van der Waals surface area (Å²) in [5.74, 6) is -2.58. The predicted molar refractivity (Wildman–Crippen MR) is 108 cm³/mol. The molecule has 176 valence electrons. The number of ether oxygens (including phenoxy) is 1. The fourth-order valence-electron chi connectivity index (χ4n) is 4.11. The molecule has 32 heavy (non-hydrogen) atoms. The fourth-order valence-corrected chi connectivity index (χ4v) is 5.32. The monoisotopic (exact) mass is 476 g/mol. The molecule has 1 saturated heterocycles. The zero-order chi connectivity index (χ0) is 23.1. The van der Waals surface area contributed by atoms with E-state index in [-0.39, 0.29) is 37.6 Å². The van der Waals surface area contributed by atoms with Gasteiger partial charge in [-0.05, 0) is 25.3 Å². The molecule has 0 aromatic heterocycles. The highest BCUT2D eigenvalue weighted by atomic mass is 32.2. The standard InChI is InChI=1S/C21H24F4N2O4S/c22-17-12-18(31-13-20(21(23,24)25)7-2-1-3-8-20)15(14-5-6-14)11-16(17)19(28)26-32(29,30)27-9-4-10-27/h5-6,11-12,14H,1-4,7-10,13H2,(H,26,28). The van der Waals surface area contributed by atoms with Crippen molar-refractivity contribution in [2.75, 3.05) is 19.7 Å². The summed E-state index contributed by atoms with van der Waals surface area (Å²) in [5, 5.41) is 0. The van der Waals surface area contributed by atoms with Gasteiger partial charge >= 0.3 is 16.4 Å². The van der Waals surface area contributed by atoms with E-state index >= 15 is 0 Å². The zero-order valence-electron chi connectivity index (χ0n) is 17.3. The van der Waals surface area contributed by atoms with E-state index in [1.54, 1.807) is 12.2 Å². The van der Waals surface area contributed by atoms with Gasteiger partial charge in [0, 0.05) is 30.6 Å². The van der Waals surface area contributed by atoms with Crippen LogP contribution in [0.3, 0.4) is 0 Å². The first-order chi connectivity index (χ1) is 15.0. The summed E-state index contributed by atoms with van der Waals surface area (Å²) < 4.78 is 88.8. The van der Waals surface area contributed by atoms with Crippen molar-refractivity contribution in [2.45, 2.75) is 50.6 Å². The molecule has 1 aliphatic heterocycles. The second-order valence-corrected chi connectivity index (χ2v) is 10.3. The van der Waals surface area contributed by atoms with Crippen molar-refractivity contribution in [1.82, 2.24) is 9.03 Å². The molecule has 0 bridgehead atoms. The third kappa shape index (κ3) is 4.50. The average Bonchev–Trinajstić information content (AvgIpc) is 3.49. The number of allylic oxidation sites excluding steroid dienone is 2. The Hall–Kier alpha value is -2.14. The largest absolute Gasteiger partial charge is 0.492 e. The predicted octanol–water partition coefficient (Wildman–Crippen LogP) is 4.05. The third-order valence-electron chi connectivity index (χ3n) is 6.38. The molecule has 1 saturated carbocycles. The van der Waals surface area contributed by atoms with Gasteiger partial charge in [0.05, 0.1) is 11.0 Å². The molecule has 0 radical (unpaired) electrons. The lowest BCUT2D eigenvalue weighted by atomic mass is 9.74. The van der Waals surface area contributed by atoms with Gasteiger partial charge in [0.25, 0.3) is 5.91 Å². The summed E-state index contributed by atoms with van der Waals surface area (Å²) in [5.41, 5.74) is -2.17. The molecule has 0 unspecified atom stereocenters. The molecular weight excluding hydrogens is 452 g/mol. The summed E-state index contributed by atoms with van der Waals surface area (Å²) in [6.07, 6.45) is 1.18. The quantitative estimate of drug-likeness (QED) is 0.476. The second-order valence-electron chi connectivity index (χ2n) is 8.60. The van der Waals surface area contributed by atoms with Gasteiger partial charge in [-0.1, -0.05) is 31.4 Å². The Morgan fingerprint density at radius 2 is 1.78 bits per heavy atom. The minimum atomic E-state index is -4.45. The van der Waals surface area contributed by atoms with Crippen LogP contribution in [-0.2, 0) is 10.2 Å². The number of carbonyl (C=O) groups excluding carboxylic acids is 1. The van der Waals surface area contributed by atoms with Gasteiger partial charge in [0.2, 0.25) is 0 Å². The molecule has 3 aliphatic rings. The first-order valence-corrected chi connectivity index (χ1v) is 12.0. The van der Waals surface area contributed by atoms with Gasteiger partial charge in [-0.2, -0.15) is 25.9 Å². The molecule has 6 nitrogen and oxygen atoms in total. The zero-order valence-corrected chi connectivity index (χ0v) is 18.1. The van der Waals surface area contributed by atoms with E-state index in [4.69, 9.17) is 4.74 Å². The van der Waals surface area contributed by atoms with Crippen LogP contribution in [-0.4, -0.2) is 44.5 Å². The average molecular weight is 476 g/mol. The number of halogens is 4. The maximum Gasteiger partial charge on any atom is 0.397 e. The molecular formula is C21H24F4N2O4S. The fraction of sp³-hybridized carbons (Fsp3) is 0.571. The molecule has 4 rings (SSSR count). The van der Waals surface area contributed by atoms with Crippen molar-refractivity contribution in [1.29, 1.82) is 0 Å². The highest BCUT2D eigenvalue weighted by molar-refractivity contribution is 7.87. The number of amides is 1. The molecule has 0 spiro atoms. The van der Waals surface area contributed by atoms with E-state index in [2.05, 4.69) is 0 Å². The van der Waals surface area contributed by atoms with Crippen molar-refractivity contribution in [3.63, 3.8) is 0 Å². The Balaban J connectivity index is 1.56. The minimum absolute atomic E-state index is 0.0508. The van der Waals surface area contributed by atoms with Crippen LogP contribution in [0.25, 0.3) is 0 Å². The number of hydrogen-bond acceptors (Lipinski definition) is 4. The number of rotatable bonds is 7. The van der Waals surface area contributed by atoms with E-state index in [1.165, 1.54) is 0 Å². The molecule has 1 amide bonds. The lowest BCUT2D eigenvalue weighted by Gasteiger charge is -2.38. The van der Waals surface area contributed by atoms with E-state index in [9.17, 15) is 30.8 Å². The molecule has 2 aliphatic carbocycles. The van der Waals surface area contributed by atoms with Gasteiger partial charge in [0.15, 0.2) is 0 Å². The van der Waals surface area contributed by atoms with Crippen LogP contribution in [0, 0.1) is 11.2 Å². The van der Waals surface area contributed by atoms with Gasteiger partial charge in [-0.25, -0.2) is 9.11 Å². The van der Waals surface area contributed by atoms with Crippen molar-refractivity contribution >= 4 is 16.1 Å². The van der Waals surface area contributed by atoms with Gasteiger partial charge < -0.3 is 4.74 Å². The van der Waals surface area contributed by atoms with Gasteiger partial charge in [-0.3, -0.25) is 4.79 Å². The Bertz CT molecular complexity index is 1020. The van der Waals surface area contributed by atoms with Gasteiger partial charge in [-0.15, -0.1) is 0 Å². The molecule has 1 N–H and O–H groups in total. The molecule has 11 heteroatoms. The number of benzene rings is 1. The number of nitrogens with zero attached hydrogens (tertiary/aromatic N) is 1. The minimum Gasteiger partial charge on any atom is -0.492 e. The highest BCUT2D eigenvalue weighted by Gasteiger charge is 2.55. The van der Waals surface area contributed by atoms with Crippen LogP contribution in [0.1, 0.15) is 60.4 Å². The van der Waals surface area contributed by atoms with E-state index in [1.807, 2.05) is 4.72 Å².